The maximum atomic E-state index is 13.4. The SMILES string of the molecule is CCn1nccc1C(C)NC(=O)Cn1nc(C(F)(F)F)c2c1CCCCC2. The van der Waals surface area contributed by atoms with Gasteiger partial charge in [-0.3, -0.25) is 14.2 Å². The lowest BCUT2D eigenvalue weighted by Gasteiger charge is -2.16. The molecule has 0 aliphatic heterocycles. The van der Waals surface area contributed by atoms with Gasteiger partial charge in [0.2, 0.25) is 5.91 Å². The van der Waals surface area contributed by atoms with Gasteiger partial charge >= 0.3 is 6.18 Å². The average Bonchev–Trinajstić information content (AvgIpc) is 3.12. The van der Waals surface area contributed by atoms with Crippen LogP contribution < -0.4 is 5.32 Å². The minimum Gasteiger partial charge on any atom is -0.346 e. The summed E-state index contributed by atoms with van der Waals surface area (Å²) < 4.78 is 43.1. The monoisotopic (exact) mass is 383 g/mol. The van der Waals surface area contributed by atoms with Crippen molar-refractivity contribution in [3.8, 4) is 0 Å². The molecule has 2 heterocycles. The van der Waals surface area contributed by atoms with E-state index in [1.165, 1.54) is 4.68 Å². The van der Waals surface area contributed by atoms with Crippen LogP contribution in [0.4, 0.5) is 13.2 Å². The second-order valence-electron chi connectivity index (χ2n) is 6.85. The normalized spacial score (nSPS) is 15.9. The van der Waals surface area contributed by atoms with Crippen LogP contribution in [0.1, 0.15) is 61.8 Å². The van der Waals surface area contributed by atoms with Crippen LogP contribution in [0.3, 0.4) is 0 Å². The van der Waals surface area contributed by atoms with E-state index < -0.39 is 11.9 Å². The molecule has 0 radical (unpaired) electrons. The van der Waals surface area contributed by atoms with E-state index in [4.69, 9.17) is 0 Å². The molecule has 1 atom stereocenters. The van der Waals surface area contributed by atoms with E-state index in [0.717, 1.165) is 18.5 Å². The number of hydrogen-bond donors (Lipinski definition) is 1. The third-order valence-electron chi connectivity index (χ3n) is 4.94. The fourth-order valence-corrected chi connectivity index (χ4v) is 3.68. The van der Waals surface area contributed by atoms with Crippen molar-refractivity contribution in [2.24, 2.45) is 0 Å². The first-order chi connectivity index (χ1) is 12.8. The minimum atomic E-state index is -4.50. The van der Waals surface area contributed by atoms with Crippen LogP contribution >= 0.6 is 0 Å². The molecule has 0 saturated heterocycles. The van der Waals surface area contributed by atoms with Crippen LogP contribution in [-0.4, -0.2) is 25.5 Å². The van der Waals surface area contributed by atoms with Gasteiger partial charge in [-0.1, -0.05) is 6.42 Å². The van der Waals surface area contributed by atoms with Crippen molar-refractivity contribution in [2.45, 2.75) is 71.3 Å². The molecule has 0 fully saturated rings. The van der Waals surface area contributed by atoms with Crippen LogP contribution in [0.25, 0.3) is 0 Å². The number of amides is 1. The molecule has 9 heteroatoms. The summed E-state index contributed by atoms with van der Waals surface area (Å²) >= 11 is 0. The summed E-state index contributed by atoms with van der Waals surface area (Å²) in [4.78, 5) is 12.5. The predicted octanol–water partition coefficient (Wildman–Crippen LogP) is 3.26. The quantitative estimate of drug-likeness (QED) is 0.806. The average molecular weight is 383 g/mol. The topological polar surface area (TPSA) is 64.7 Å². The van der Waals surface area contributed by atoms with Crippen molar-refractivity contribution in [2.75, 3.05) is 0 Å². The molecule has 6 nitrogen and oxygen atoms in total. The van der Waals surface area contributed by atoms with E-state index in [1.54, 1.807) is 10.9 Å². The highest BCUT2D eigenvalue weighted by Crippen LogP contribution is 2.35. The van der Waals surface area contributed by atoms with Crippen molar-refractivity contribution < 1.29 is 18.0 Å². The second-order valence-corrected chi connectivity index (χ2v) is 6.85. The summed E-state index contributed by atoms with van der Waals surface area (Å²) in [6, 6.07) is 1.52. The Balaban J connectivity index is 1.79. The van der Waals surface area contributed by atoms with E-state index in [9.17, 15) is 18.0 Å². The summed E-state index contributed by atoms with van der Waals surface area (Å²) in [6.07, 6.45) is 0.440. The first-order valence-electron chi connectivity index (χ1n) is 9.28. The maximum absolute atomic E-state index is 13.4. The molecule has 0 aromatic carbocycles. The van der Waals surface area contributed by atoms with Crippen LogP contribution in [0.2, 0.25) is 0 Å². The third-order valence-corrected chi connectivity index (χ3v) is 4.94. The lowest BCUT2D eigenvalue weighted by molar-refractivity contribution is -0.142. The predicted molar refractivity (Wildman–Crippen MR) is 92.9 cm³/mol. The number of fused-ring (bicyclic) bond motifs is 1. The van der Waals surface area contributed by atoms with Crippen molar-refractivity contribution in [1.82, 2.24) is 24.9 Å². The Morgan fingerprint density at radius 2 is 2.00 bits per heavy atom. The molecular formula is C18H24F3N5O. The Labute approximate surface area is 155 Å². The largest absolute Gasteiger partial charge is 0.435 e. The highest BCUT2D eigenvalue weighted by molar-refractivity contribution is 5.76. The highest BCUT2D eigenvalue weighted by Gasteiger charge is 2.39. The summed E-state index contributed by atoms with van der Waals surface area (Å²) in [5.41, 5.74) is 0.802. The number of hydrogen-bond acceptors (Lipinski definition) is 3. The summed E-state index contributed by atoms with van der Waals surface area (Å²) in [6.45, 7) is 4.22. The number of aromatic nitrogens is 4. The first kappa shape index (κ1) is 19.4. The molecule has 0 bridgehead atoms. The Hall–Kier alpha value is -2.32. The van der Waals surface area contributed by atoms with Gasteiger partial charge in [0, 0.05) is 24.0 Å². The Morgan fingerprint density at radius 1 is 1.26 bits per heavy atom. The Kier molecular flexibility index (Phi) is 5.57. The molecule has 2 aromatic rings. The Morgan fingerprint density at radius 3 is 2.70 bits per heavy atom. The zero-order valence-corrected chi connectivity index (χ0v) is 15.5. The zero-order valence-electron chi connectivity index (χ0n) is 15.5. The van der Waals surface area contributed by atoms with Gasteiger partial charge in [-0.05, 0) is 45.6 Å². The van der Waals surface area contributed by atoms with E-state index in [2.05, 4.69) is 15.5 Å². The summed E-state index contributed by atoms with van der Waals surface area (Å²) in [5, 5.41) is 10.8. The number of rotatable bonds is 5. The van der Waals surface area contributed by atoms with Gasteiger partial charge in [0.15, 0.2) is 5.69 Å². The number of carbonyl (C=O) groups excluding carboxylic acids is 1. The van der Waals surface area contributed by atoms with E-state index in [-0.39, 0.29) is 24.1 Å². The summed E-state index contributed by atoms with van der Waals surface area (Å²) in [5.74, 6) is -0.366. The van der Waals surface area contributed by atoms with Crippen LogP contribution in [-0.2, 0) is 36.9 Å². The maximum Gasteiger partial charge on any atom is 0.435 e. The minimum absolute atomic E-state index is 0.219. The van der Waals surface area contributed by atoms with Crippen molar-refractivity contribution >= 4 is 5.91 Å². The lowest BCUT2D eigenvalue weighted by atomic mass is 10.1. The van der Waals surface area contributed by atoms with Gasteiger partial charge in [-0.25, -0.2) is 0 Å². The summed E-state index contributed by atoms with van der Waals surface area (Å²) in [7, 11) is 0. The van der Waals surface area contributed by atoms with Crippen LogP contribution in [0.15, 0.2) is 12.3 Å². The van der Waals surface area contributed by atoms with Crippen molar-refractivity contribution in [1.29, 1.82) is 0 Å². The zero-order chi connectivity index (χ0) is 19.6. The van der Waals surface area contributed by atoms with Gasteiger partial charge < -0.3 is 5.32 Å². The highest BCUT2D eigenvalue weighted by atomic mass is 19.4. The molecule has 3 rings (SSSR count). The van der Waals surface area contributed by atoms with E-state index >= 15 is 0 Å². The molecule has 1 aliphatic carbocycles. The molecule has 2 aromatic heterocycles. The Bertz CT molecular complexity index is 809. The van der Waals surface area contributed by atoms with Crippen molar-refractivity contribution in [3.63, 3.8) is 0 Å². The molecule has 1 N–H and O–H groups in total. The van der Waals surface area contributed by atoms with Gasteiger partial charge in [0.05, 0.1) is 11.7 Å². The van der Waals surface area contributed by atoms with Crippen LogP contribution in [0.5, 0.6) is 0 Å². The number of aryl methyl sites for hydroxylation is 1. The standard InChI is InChI=1S/C18H24F3N5O/c1-3-25-14(9-10-22-25)12(2)23-16(27)11-26-15-8-6-4-5-7-13(15)17(24-26)18(19,20)21/h9-10,12H,3-8,11H2,1-2H3,(H,23,27). The molecule has 1 unspecified atom stereocenters. The number of nitrogens with one attached hydrogen (secondary N) is 1. The van der Waals surface area contributed by atoms with Gasteiger partial charge in [-0.15, -0.1) is 0 Å². The lowest BCUT2D eigenvalue weighted by Crippen LogP contribution is -2.32. The number of carbonyl (C=O) groups is 1. The smallest absolute Gasteiger partial charge is 0.346 e. The van der Waals surface area contributed by atoms with E-state index in [1.807, 2.05) is 19.9 Å². The molecule has 27 heavy (non-hydrogen) atoms. The van der Waals surface area contributed by atoms with Gasteiger partial charge in [0.25, 0.3) is 0 Å². The fourth-order valence-electron chi connectivity index (χ4n) is 3.68. The molecule has 0 saturated carbocycles. The molecule has 0 spiro atoms. The fraction of sp³-hybridized carbons (Fsp3) is 0.611. The molecule has 1 amide bonds. The molecule has 1 aliphatic rings. The number of nitrogens with zero attached hydrogens (tertiary/aromatic N) is 4. The van der Waals surface area contributed by atoms with Gasteiger partial charge in [0.1, 0.15) is 6.54 Å². The number of halogens is 3. The third kappa shape index (κ3) is 4.17. The van der Waals surface area contributed by atoms with Crippen molar-refractivity contribution in [3.05, 3.63) is 34.9 Å². The number of alkyl halides is 3. The van der Waals surface area contributed by atoms with E-state index in [0.29, 0.717) is 31.5 Å². The van der Waals surface area contributed by atoms with Gasteiger partial charge in [-0.2, -0.15) is 23.4 Å². The second kappa shape index (κ2) is 7.74. The molecule has 148 valence electrons. The molecular weight excluding hydrogens is 359 g/mol. The first-order valence-corrected chi connectivity index (χ1v) is 9.28. The van der Waals surface area contributed by atoms with Crippen LogP contribution in [0, 0.1) is 0 Å².